The van der Waals surface area contributed by atoms with Gasteiger partial charge in [0, 0.05) is 6.54 Å². The molecule has 0 aromatic heterocycles. The summed E-state index contributed by atoms with van der Waals surface area (Å²) in [6, 6.07) is 12.3. The zero-order chi connectivity index (χ0) is 18.4. The molecule has 0 aliphatic rings. The minimum atomic E-state index is -3.63. The van der Waals surface area contributed by atoms with Gasteiger partial charge in [-0.2, -0.15) is 4.31 Å². The van der Waals surface area contributed by atoms with E-state index in [0.717, 1.165) is 10.6 Å². The Kier molecular flexibility index (Phi) is 6.11. The predicted octanol–water partition coefficient (Wildman–Crippen LogP) is 2.23. The Balaban J connectivity index is 2.11. The standard InChI is InChI=1S/C17H19FN2O4S/c1-24-16-6-4-3-5-15(16)19-17(21)12-20(25(2,22)23)11-13-7-9-14(18)10-8-13/h3-10H,11-12H2,1-2H3,(H,19,21). The SMILES string of the molecule is COc1ccccc1NC(=O)CN(Cc1ccc(F)cc1)S(C)(=O)=O. The summed E-state index contributed by atoms with van der Waals surface area (Å²) in [5.41, 5.74) is 1.03. The molecule has 0 saturated carbocycles. The second-order valence-corrected chi connectivity index (χ2v) is 7.39. The minimum Gasteiger partial charge on any atom is -0.495 e. The number of benzene rings is 2. The third kappa shape index (κ3) is 5.54. The Morgan fingerprint density at radius 2 is 1.80 bits per heavy atom. The molecule has 1 N–H and O–H groups in total. The molecule has 0 heterocycles. The molecule has 2 aromatic carbocycles. The van der Waals surface area contributed by atoms with Gasteiger partial charge in [-0.25, -0.2) is 12.8 Å². The number of amides is 1. The lowest BCUT2D eigenvalue weighted by molar-refractivity contribution is -0.116. The zero-order valence-electron chi connectivity index (χ0n) is 13.9. The smallest absolute Gasteiger partial charge is 0.239 e. The number of ether oxygens (including phenoxy) is 1. The maximum Gasteiger partial charge on any atom is 0.239 e. The van der Waals surface area contributed by atoms with Crippen LogP contribution in [0.25, 0.3) is 0 Å². The number of hydrogen-bond donors (Lipinski definition) is 1. The van der Waals surface area contributed by atoms with Crippen molar-refractivity contribution in [1.29, 1.82) is 0 Å². The van der Waals surface area contributed by atoms with E-state index in [1.165, 1.54) is 31.4 Å². The molecule has 134 valence electrons. The van der Waals surface area contributed by atoms with Gasteiger partial charge in [0.2, 0.25) is 15.9 Å². The molecule has 6 nitrogen and oxygen atoms in total. The van der Waals surface area contributed by atoms with E-state index in [1.54, 1.807) is 24.3 Å². The highest BCUT2D eigenvalue weighted by Crippen LogP contribution is 2.23. The van der Waals surface area contributed by atoms with Gasteiger partial charge in [0.25, 0.3) is 0 Å². The number of nitrogens with one attached hydrogen (secondary N) is 1. The highest BCUT2D eigenvalue weighted by Gasteiger charge is 2.21. The average molecular weight is 366 g/mol. The lowest BCUT2D eigenvalue weighted by Crippen LogP contribution is -2.36. The minimum absolute atomic E-state index is 0.0293. The van der Waals surface area contributed by atoms with Gasteiger partial charge in [0.05, 0.1) is 25.6 Å². The first kappa shape index (κ1) is 18.9. The predicted molar refractivity (Wildman–Crippen MR) is 93.3 cm³/mol. The summed E-state index contributed by atoms with van der Waals surface area (Å²) >= 11 is 0. The Bertz CT molecular complexity index is 838. The molecule has 0 atom stereocenters. The van der Waals surface area contributed by atoms with Gasteiger partial charge >= 0.3 is 0 Å². The van der Waals surface area contributed by atoms with Crippen LogP contribution in [0.2, 0.25) is 0 Å². The molecule has 2 aromatic rings. The topological polar surface area (TPSA) is 75.7 Å². The summed E-state index contributed by atoms with van der Waals surface area (Å²) in [7, 11) is -2.15. The van der Waals surface area contributed by atoms with Gasteiger partial charge in [-0.05, 0) is 29.8 Å². The maximum absolute atomic E-state index is 13.0. The summed E-state index contributed by atoms with van der Waals surface area (Å²) in [6.07, 6.45) is 1.02. The highest BCUT2D eigenvalue weighted by atomic mass is 32.2. The largest absolute Gasteiger partial charge is 0.495 e. The van der Waals surface area contributed by atoms with E-state index in [9.17, 15) is 17.6 Å². The maximum atomic E-state index is 13.0. The third-order valence-electron chi connectivity index (χ3n) is 3.44. The third-order valence-corrected chi connectivity index (χ3v) is 4.64. The summed E-state index contributed by atoms with van der Waals surface area (Å²) in [5.74, 6) is -0.444. The molecular weight excluding hydrogens is 347 g/mol. The van der Waals surface area contributed by atoms with Crippen LogP contribution in [0.1, 0.15) is 5.56 Å². The molecule has 0 radical (unpaired) electrons. The molecule has 0 aliphatic carbocycles. The first-order valence-corrected chi connectivity index (χ1v) is 9.27. The first-order chi connectivity index (χ1) is 11.8. The Hall–Kier alpha value is -2.45. The van der Waals surface area contributed by atoms with E-state index in [2.05, 4.69) is 5.32 Å². The van der Waals surface area contributed by atoms with Gasteiger partial charge in [0.1, 0.15) is 11.6 Å². The van der Waals surface area contributed by atoms with Crippen LogP contribution in [0, 0.1) is 5.82 Å². The van der Waals surface area contributed by atoms with Gasteiger partial charge in [0.15, 0.2) is 0 Å². The number of nitrogens with zero attached hydrogens (tertiary/aromatic N) is 1. The summed E-state index contributed by atoms with van der Waals surface area (Å²) in [6.45, 7) is -0.396. The van der Waals surface area contributed by atoms with E-state index < -0.39 is 21.7 Å². The fourth-order valence-electron chi connectivity index (χ4n) is 2.18. The Morgan fingerprint density at radius 3 is 2.40 bits per heavy atom. The summed E-state index contributed by atoms with van der Waals surface area (Å²) in [4.78, 5) is 12.2. The quantitative estimate of drug-likeness (QED) is 0.815. The van der Waals surface area contributed by atoms with Crippen LogP contribution in [-0.4, -0.2) is 38.5 Å². The molecule has 0 saturated heterocycles. The van der Waals surface area contributed by atoms with Gasteiger partial charge < -0.3 is 10.1 Å². The number of anilines is 1. The number of hydrogen-bond acceptors (Lipinski definition) is 4. The van der Waals surface area contributed by atoms with Crippen molar-refractivity contribution in [3.8, 4) is 5.75 Å². The number of halogens is 1. The van der Waals surface area contributed by atoms with Crippen LogP contribution in [0.15, 0.2) is 48.5 Å². The number of methoxy groups -OCH3 is 1. The fourth-order valence-corrected chi connectivity index (χ4v) is 2.92. The number of para-hydroxylation sites is 2. The Labute approximate surface area is 146 Å². The number of carbonyl (C=O) groups excluding carboxylic acids is 1. The van der Waals surface area contributed by atoms with Crippen molar-refractivity contribution in [2.45, 2.75) is 6.54 Å². The van der Waals surface area contributed by atoms with Crippen molar-refractivity contribution in [3.05, 3.63) is 59.9 Å². The van der Waals surface area contributed by atoms with Crippen molar-refractivity contribution in [3.63, 3.8) is 0 Å². The molecule has 2 rings (SSSR count). The number of rotatable bonds is 7. The lowest BCUT2D eigenvalue weighted by Gasteiger charge is -2.20. The van der Waals surface area contributed by atoms with Crippen LogP contribution in [0.5, 0.6) is 5.75 Å². The van der Waals surface area contributed by atoms with Crippen LogP contribution in [0.4, 0.5) is 10.1 Å². The van der Waals surface area contributed by atoms with Crippen molar-refractivity contribution in [2.24, 2.45) is 0 Å². The molecule has 0 fully saturated rings. The van der Waals surface area contributed by atoms with Crippen molar-refractivity contribution >= 4 is 21.6 Å². The average Bonchev–Trinajstić information content (AvgIpc) is 2.56. The summed E-state index contributed by atoms with van der Waals surface area (Å²) in [5, 5.41) is 2.63. The van der Waals surface area contributed by atoms with Gasteiger partial charge in [-0.1, -0.05) is 24.3 Å². The van der Waals surface area contributed by atoms with Crippen molar-refractivity contribution in [1.82, 2.24) is 4.31 Å². The molecule has 25 heavy (non-hydrogen) atoms. The van der Waals surface area contributed by atoms with E-state index in [4.69, 9.17) is 4.74 Å². The normalized spacial score (nSPS) is 11.4. The second kappa shape index (κ2) is 8.09. The molecule has 0 bridgehead atoms. The van der Waals surface area contributed by atoms with E-state index >= 15 is 0 Å². The van der Waals surface area contributed by atoms with Gasteiger partial charge in [-0.3, -0.25) is 4.79 Å². The molecule has 8 heteroatoms. The van der Waals surface area contributed by atoms with Crippen LogP contribution in [-0.2, 0) is 21.4 Å². The Morgan fingerprint density at radius 1 is 1.16 bits per heavy atom. The molecular formula is C17H19FN2O4S. The van der Waals surface area contributed by atoms with Crippen LogP contribution < -0.4 is 10.1 Å². The molecule has 0 spiro atoms. The van der Waals surface area contributed by atoms with E-state index in [1.807, 2.05) is 0 Å². The number of sulfonamides is 1. The van der Waals surface area contributed by atoms with Crippen molar-refractivity contribution in [2.75, 3.05) is 25.2 Å². The lowest BCUT2D eigenvalue weighted by atomic mass is 10.2. The first-order valence-electron chi connectivity index (χ1n) is 7.42. The molecule has 0 unspecified atom stereocenters. The van der Waals surface area contributed by atoms with Crippen LogP contribution in [0.3, 0.4) is 0 Å². The molecule has 0 aliphatic heterocycles. The molecule has 1 amide bonds. The highest BCUT2D eigenvalue weighted by molar-refractivity contribution is 7.88. The van der Waals surface area contributed by atoms with Crippen LogP contribution >= 0.6 is 0 Å². The number of carbonyl (C=O) groups is 1. The summed E-state index contributed by atoms with van der Waals surface area (Å²) < 4.78 is 43.1. The van der Waals surface area contributed by atoms with E-state index in [-0.39, 0.29) is 13.1 Å². The fraction of sp³-hybridized carbons (Fsp3) is 0.235. The van der Waals surface area contributed by atoms with E-state index in [0.29, 0.717) is 17.0 Å². The second-order valence-electron chi connectivity index (χ2n) is 5.41. The monoisotopic (exact) mass is 366 g/mol. The van der Waals surface area contributed by atoms with Gasteiger partial charge in [-0.15, -0.1) is 0 Å². The zero-order valence-corrected chi connectivity index (χ0v) is 14.7. The van der Waals surface area contributed by atoms with Crippen molar-refractivity contribution < 1.29 is 22.3 Å².